The van der Waals surface area contributed by atoms with E-state index in [-0.39, 0.29) is 42.4 Å². The minimum atomic E-state index is -3.55. The number of benzene rings is 3. The highest BCUT2D eigenvalue weighted by Crippen LogP contribution is 2.34. The number of ether oxygens (including phenoxy) is 3. The average Bonchev–Trinajstić information content (AvgIpc) is 4.17. The topological polar surface area (TPSA) is 204 Å². The van der Waals surface area contributed by atoms with Crippen molar-refractivity contribution in [2.45, 2.75) is 88.3 Å². The predicted octanol–water partition coefficient (Wildman–Crippen LogP) is 9.47. The lowest BCUT2D eigenvalue weighted by molar-refractivity contribution is 0.137. The second-order valence-corrected chi connectivity index (χ2v) is 23.5. The highest BCUT2D eigenvalue weighted by molar-refractivity contribution is 9.10. The standard InChI is InChI=1S/C20H19FN4O.C20H23N3O3S.C13H17N3O.C7H3BrFN/c1-13-5-7-25(16-9-14(11-22)8-15(21)10-16)12-18-19(13)26-20(24-18)17-4-2-3-6-23-17;1-14-6-8-16(9-7-14)27(24,25)23-12-10-15(2)19-18(13-23)22-20(26-19)17-5-3-4-11-21-17;1-9-5-7-14-8-11-12(9)17-13(16-11)10-4-2-3-6-15-10;8-6-1-5(4-10)2-7(9)3-6/h2-4,6,8-10,13,18-19H,5,7,12H2,1H3;3-9,11,15,18-19H,10,12-13H2,1-2H3;2-4,6,9,11-12,14H,5,7-8H2,1H3;1-3H. The Kier molecular flexibility index (Phi) is 18.7. The number of nitriles is 2. The van der Waals surface area contributed by atoms with E-state index in [0.717, 1.165) is 61.5 Å². The molecule has 0 bridgehead atoms. The van der Waals surface area contributed by atoms with E-state index < -0.39 is 21.7 Å². The van der Waals surface area contributed by atoms with Crippen LogP contribution >= 0.6 is 15.9 Å². The number of hydrogen-bond acceptors (Lipinski definition) is 15. The molecule has 20 heteroatoms. The monoisotopic (exact) mass is 1170 g/mol. The number of fused-ring (bicyclic) bond motifs is 3. The number of nitrogens with zero attached hydrogens (tertiary/aromatic N) is 10. The van der Waals surface area contributed by atoms with Gasteiger partial charge in [0.25, 0.3) is 0 Å². The van der Waals surface area contributed by atoms with Gasteiger partial charge in [-0.2, -0.15) is 14.8 Å². The fraction of sp³-hybridized carbons (Fsp3) is 0.367. The molecule has 9 unspecified atom stereocenters. The van der Waals surface area contributed by atoms with Gasteiger partial charge in [0.1, 0.15) is 65.2 Å². The smallest absolute Gasteiger partial charge is 0.243 e. The first-order valence-corrected chi connectivity index (χ1v) is 29.0. The van der Waals surface area contributed by atoms with Crippen LogP contribution in [0, 0.1) is 59.0 Å². The van der Waals surface area contributed by atoms with Gasteiger partial charge in [0, 0.05) is 61.5 Å². The summed E-state index contributed by atoms with van der Waals surface area (Å²) in [6.07, 6.45) is 8.06. The van der Waals surface area contributed by atoms with E-state index >= 15 is 0 Å². The number of halogens is 3. The maximum absolute atomic E-state index is 13.9. The molecule has 0 saturated carbocycles. The number of rotatable bonds is 6. The SMILES string of the molecule is CC1CCN(c2cc(F)cc(C#N)c2)CC2N=C(c3ccccn3)OC12.CC1CCNCC2N=C(c3ccccn3)OC12.Cc1ccc(S(=O)(=O)N2CCC(C)C3OC(c4ccccn4)=NC3C2)cc1.N#Cc1cc(F)cc(Br)c1. The maximum atomic E-state index is 13.9. The van der Waals surface area contributed by atoms with Crippen LogP contribution < -0.4 is 10.2 Å². The summed E-state index contributed by atoms with van der Waals surface area (Å²) in [5, 5.41) is 20.9. The number of pyridine rings is 3. The lowest BCUT2D eigenvalue weighted by Crippen LogP contribution is -2.38. The molecule has 16 nitrogen and oxygen atoms in total. The molecule has 414 valence electrons. The second kappa shape index (κ2) is 26.2. The molecule has 0 aliphatic carbocycles. The number of sulfonamides is 1. The van der Waals surface area contributed by atoms with E-state index in [1.54, 1.807) is 47.2 Å². The van der Waals surface area contributed by atoms with Gasteiger partial charge >= 0.3 is 0 Å². The molecule has 9 atom stereocenters. The molecule has 3 aromatic carbocycles. The van der Waals surface area contributed by atoms with Gasteiger partial charge in [-0.25, -0.2) is 32.2 Å². The highest BCUT2D eigenvalue weighted by Gasteiger charge is 2.43. The number of aliphatic imine (C=N–C) groups is 3. The Hall–Kier alpha value is -7.49. The molecule has 0 spiro atoms. The lowest BCUT2D eigenvalue weighted by Gasteiger charge is -2.24. The Labute approximate surface area is 474 Å². The van der Waals surface area contributed by atoms with Crippen LogP contribution in [0.15, 0.2) is 158 Å². The summed E-state index contributed by atoms with van der Waals surface area (Å²) in [5.41, 5.74) is 4.67. The lowest BCUT2D eigenvalue weighted by atomic mass is 9.97. The first-order valence-electron chi connectivity index (χ1n) is 26.7. The number of hydrogen-bond donors (Lipinski definition) is 1. The van der Waals surface area contributed by atoms with Crippen molar-refractivity contribution in [3.63, 3.8) is 0 Å². The molecule has 80 heavy (non-hydrogen) atoms. The fourth-order valence-corrected chi connectivity index (χ4v) is 12.3. The molecular weight excluding hydrogens is 1100 g/mol. The van der Waals surface area contributed by atoms with Crippen molar-refractivity contribution >= 4 is 49.3 Å². The van der Waals surface area contributed by atoms with E-state index in [4.69, 9.17) is 29.7 Å². The van der Waals surface area contributed by atoms with Crippen molar-refractivity contribution in [2.24, 2.45) is 32.7 Å². The van der Waals surface area contributed by atoms with Crippen LogP contribution in [0.2, 0.25) is 0 Å². The van der Waals surface area contributed by atoms with Crippen molar-refractivity contribution in [3.05, 3.63) is 184 Å². The Bertz CT molecular complexity index is 3370. The molecular formula is C60H62BrF2N11O5S. The Morgan fingerprint density at radius 2 is 1.10 bits per heavy atom. The minimum Gasteiger partial charge on any atom is -0.470 e. The Morgan fingerprint density at radius 3 is 1.62 bits per heavy atom. The highest BCUT2D eigenvalue weighted by atomic mass is 79.9. The summed E-state index contributed by atoms with van der Waals surface area (Å²) >= 11 is 3.06. The molecule has 3 fully saturated rings. The van der Waals surface area contributed by atoms with E-state index in [1.807, 2.05) is 85.8 Å². The predicted molar refractivity (Wildman–Crippen MR) is 305 cm³/mol. The quantitative estimate of drug-likeness (QED) is 0.166. The minimum absolute atomic E-state index is 0.0130. The van der Waals surface area contributed by atoms with Crippen LogP contribution in [-0.2, 0) is 24.2 Å². The Morgan fingerprint density at radius 1 is 0.613 bits per heavy atom. The molecule has 1 N–H and O–H groups in total. The van der Waals surface area contributed by atoms with Gasteiger partial charge in [0.05, 0.1) is 28.2 Å². The zero-order valence-electron chi connectivity index (χ0n) is 44.8. The van der Waals surface area contributed by atoms with Gasteiger partial charge in [0.15, 0.2) is 0 Å². The van der Waals surface area contributed by atoms with Crippen molar-refractivity contribution in [1.82, 2.24) is 24.6 Å². The largest absolute Gasteiger partial charge is 0.470 e. The van der Waals surface area contributed by atoms with Crippen LogP contribution in [0.1, 0.15) is 73.8 Å². The summed E-state index contributed by atoms with van der Waals surface area (Å²) in [5.74, 6) is 2.06. The zero-order chi connectivity index (χ0) is 56.3. The molecule has 6 aromatic rings. The third kappa shape index (κ3) is 14.1. The first-order chi connectivity index (χ1) is 38.6. The fourth-order valence-electron chi connectivity index (χ4n) is 10.3. The van der Waals surface area contributed by atoms with Crippen LogP contribution in [-0.4, -0.2) is 121 Å². The summed E-state index contributed by atoms with van der Waals surface area (Å²) in [6, 6.07) is 36.4. The number of aryl methyl sites for hydroxylation is 1. The van der Waals surface area contributed by atoms with Crippen molar-refractivity contribution in [2.75, 3.05) is 44.2 Å². The third-order valence-corrected chi connectivity index (χ3v) is 17.0. The van der Waals surface area contributed by atoms with Gasteiger partial charge in [-0.3, -0.25) is 15.0 Å². The summed E-state index contributed by atoms with van der Waals surface area (Å²) in [7, 11) is -3.55. The molecule has 0 radical (unpaired) electrons. The van der Waals surface area contributed by atoms with E-state index in [9.17, 15) is 17.2 Å². The van der Waals surface area contributed by atoms with Gasteiger partial charge in [-0.1, -0.05) is 72.6 Å². The van der Waals surface area contributed by atoms with Gasteiger partial charge in [-0.05, 0) is 135 Å². The maximum Gasteiger partial charge on any atom is 0.243 e. The number of nitrogens with one attached hydrogen (secondary N) is 1. The second-order valence-electron chi connectivity index (χ2n) is 20.6. The Balaban J connectivity index is 0.000000136. The van der Waals surface area contributed by atoms with Crippen molar-refractivity contribution in [3.8, 4) is 12.1 Å². The number of anilines is 1. The molecule has 3 aromatic heterocycles. The van der Waals surface area contributed by atoms with Crippen molar-refractivity contribution < 1.29 is 31.4 Å². The third-order valence-electron chi connectivity index (χ3n) is 14.7. The molecule has 12 rings (SSSR count). The first kappa shape index (κ1) is 57.2. The number of aromatic nitrogens is 3. The molecule has 0 amide bonds. The zero-order valence-corrected chi connectivity index (χ0v) is 47.2. The van der Waals surface area contributed by atoms with Crippen LogP contribution in [0.3, 0.4) is 0 Å². The molecule has 6 aliphatic rings. The normalized spacial score (nSPS) is 24.8. The van der Waals surface area contributed by atoms with Crippen LogP contribution in [0.5, 0.6) is 0 Å². The van der Waals surface area contributed by atoms with E-state index in [1.165, 1.54) is 24.3 Å². The van der Waals surface area contributed by atoms with E-state index in [2.05, 4.69) is 71.9 Å². The van der Waals surface area contributed by atoms with Crippen LogP contribution in [0.4, 0.5) is 14.5 Å². The summed E-state index contributed by atoms with van der Waals surface area (Å²) in [6.45, 7) is 12.6. The molecule has 9 heterocycles. The van der Waals surface area contributed by atoms with Gasteiger partial charge in [0.2, 0.25) is 27.7 Å². The van der Waals surface area contributed by atoms with E-state index in [0.29, 0.717) is 75.4 Å². The van der Waals surface area contributed by atoms with Crippen molar-refractivity contribution in [1.29, 1.82) is 10.5 Å². The van der Waals surface area contributed by atoms with Gasteiger partial charge < -0.3 is 24.4 Å². The summed E-state index contributed by atoms with van der Waals surface area (Å²) < 4.78 is 72.9. The summed E-state index contributed by atoms with van der Waals surface area (Å²) in [4.78, 5) is 29.5. The van der Waals surface area contributed by atoms with Crippen LogP contribution in [0.25, 0.3) is 0 Å². The van der Waals surface area contributed by atoms with Gasteiger partial charge in [-0.15, -0.1) is 0 Å². The molecule has 6 aliphatic heterocycles. The average molecular weight is 1170 g/mol. The molecule has 3 saturated heterocycles.